The van der Waals surface area contributed by atoms with Gasteiger partial charge in [0.15, 0.2) is 0 Å². The molecule has 20 heavy (non-hydrogen) atoms. The zero-order valence-corrected chi connectivity index (χ0v) is 13.2. The first-order valence-corrected chi connectivity index (χ1v) is 7.15. The van der Waals surface area contributed by atoms with Gasteiger partial charge in [0.2, 0.25) is 0 Å². The average Bonchev–Trinajstić information content (AvgIpc) is 2.37. The zero-order valence-electron chi connectivity index (χ0n) is 13.2. The van der Waals surface area contributed by atoms with Gasteiger partial charge in [0, 0.05) is 36.6 Å². The lowest BCUT2D eigenvalue weighted by Gasteiger charge is -2.15. The van der Waals surface area contributed by atoms with Gasteiger partial charge in [-0.2, -0.15) is 0 Å². The minimum Gasteiger partial charge on any atom is -0.299 e. The Bertz CT molecular complexity index is 499. The van der Waals surface area contributed by atoms with Crippen molar-refractivity contribution < 1.29 is 4.79 Å². The predicted molar refractivity (Wildman–Crippen MR) is 81.3 cm³/mol. The van der Waals surface area contributed by atoms with Crippen molar-refractivity contribution in [3.8, 4) is 11.8 Å². The highest BCUT2D eigenvalue weighted by Gasteiger charge is 2.16. The molecule has 108 valence electrons. The zero-order chi connectivity index (χ0) is 15.2. The standard InChI is InChI=1S/C17H24N2O/c1-13(2)15(20)10-8-6-7-9-14-11-18-16(19-12-14)17(3,4)5/h11-13H,6,8,10H2,1-5H3. The van der Waals surface area contributed by atoms with Crippen molar-refractivity contribution in [2.75, 3.05) is 0 Å². The maximum atomic E-state index is 11.4. The summed E-state index contributed by atoms with van der Waals surface area (Å²) in [5, 5.41) is 0. The van der Waals surface area contributed by atoms with E-state index in [2.05, 4.69) is 42.6 Å². The van der Waals surface area contributed by atoms with E-state index >= 15 is 0 Å². The molecule has 0 aliphatic carbocycles. The third-order valence-electron chi connectivity index (χ3n) is 2.92. The van der Waals surface area contributed by atoms with Crippen LogP contribution in [0.5, 0.6) is 0 Å². The Morgan fingerprint density at radius 3 is 2.35 bits per heavy atom. The first kappa shape index (κ1) is 16.4. The highest BCUT2D eigenvalue weighted by molar-refractivity contribution is 5.80. The van der Waals surface area contributed by atoms with E-state index in [4.69, 9.17) is 0 Å². The maximum absolute atomic E-state index is 11.4. The number of aromatic nitrogens is 2. The van der Waals surface area contributed by atoms with E-state index in [-0.39, 0.29) is 11.3 Å². The average molecular weight is 272 g/mol. The van der Waals surface area contributed by atoms with Crippen LogP contribution in [0, 0.1) is 17.8 Å². The SMILES string of the molecule is CC(C)C(=O)CCCC#Cc1cnc(C(C)(C)C)nc1. The third kappa shape index (κ3) is 5.52. The lowest BCUT2D eigenvalue weighted by molar-refractivity contribution is -0.121. The number of unbranched alkanes of at least 4 members (excludes halogenated alkanes) is 1. The van der Waals surface area contributed by atoms with Crippen molar-refractivity contribution in [1.29, 1.82) is 0 Å². The molecule has 0 spiro atoms. The summed E-state index contributed by atoms with van der Waals surface area (Å²) in [6.45, 7) is 10.1. The van der Waals surface area contributed by atoms with E-state index in [1.807, 2.05) is 13.8 Å². The second kappa shape index (κ2) is 7.19. The topological polar surface area (TPSA) is 42.9 Å². The number of nitrogens with zero attached hydrogens (tertiary/aromatic N) is 2. The molecule has 1 aromatic rings. The van der Waals surface area contributed by atoms with Crippen LogP contribution in [0.15, 0.2) is 12.4 Å². The molecule has 3 heteroatoms. The number of carbonyl (C=O) groups is 1. The summed E-state index contributed by atoms with van der Waals surface area (Å²) in [4.78, 5) is 20.1. The first-order valence-electron chi connectivity index (χ1n) is 7.15. The van der Waals surface area contributed by atoms with Gasteiger partial charge in [-0.15, -0.1) is 0 Å². The van der Waals surface area contributed by atoms with Gasteiger partial charge >= 0.3 is 0 Å². The van der Waals surface area contributed by atoms with Crippen LogP contribution in [0.1, 0.15) is 65.3 Å². The van der Waals surface area contributed by atoms with Crippen molar-refractivity contribution in [3.63, 3.8) is 0 Å². The largest absolute Gasteiger partial charge is 0.299 e. The number of ketones is 1. The molecule has 0 aliphatic rings. The highest BCUT2D eigenvalue weighted by atomic mass is 16.1. The quantitative estimate of drug-likeness (QED) is 0.622. The fraction of sp³-hybridized carbons (Fsp3) is 0.588. The summed E-state index contributed by atoms with van der Waals surface area (Å²) in [5.74, 6) is 7.37. The summed E-state index contributed by atoms with van der Waals surface area (Å²) >= 11 is 0. The molecule has 1 rings (SSSR count). The molecule has 1 heterocycles. The fourth-order valence-corrected chi connectivity index (χ4v) is 1.58. The molecule has 0 saturated carbocycles. The van der Waals surface area contributed by atoms with Gasteiger partial charge in [-0.05, 0) is 6.42 Å². The van der Waals surface area contributed by atoms with Crippen LogP contribution in [-0.2, 0) is 10.2 Å². The fourth-order valence-electron chi connectivity index (χ4n) is 1.58. The van der Waals surface area contributed by atoms with Gasteiger partial charge in [0.05, 0.1) is 5.56 Å². The van der Waals surface area contributed by atoms with Gasteiger partial charge in [-0.25, -0.2) is 9.97 Å². The summed E-state index contributed by atoms with van der Waals surface area (Å²) in [6.07, 6.45) is 5.70. The van der Waals surface area contributed by atoms with Crippen LogP contribution in [-0.4, -0.2) is 15.8 Å². The summed E-state index contributed by atoms with van der Waals surface area (Å²) in [5.41, 5.74) is 0.788. The van der Waals surface area contributed by atoms with Crippen LogP contribution in [0.2, 0.25) is 0 Å². The summed E-state index contributed by atoms with van der Waals surface area (Å²) in [6, 6.07) is 0. The Balaban J connectivity index is 2.46. The lowest BCUT2D eigenvalue weighted by atomic mass is 9.96. The van der Waals surface area contributed by atoms with Gasteiger partial charge < -0.3 is 0 Å². The molecule has 0 bridgehead atoms. The van der Waals surface area contributed by atoms with Crippen molar-refractivity contribution in [1.82, 2.24) is 9.97 Å². The molecule has 3 nitrogen and oxygen atoms in total. The van der Waals surface area contributed by atoms with Crippen molar-refractivity contribution in [2.45, 2.75) is 59.3 Å². The summed E-state index contributed by atoms with van der Waals surface area (Å²) < 4.78 is 0. The highest BCUT2D eigenvalue weighted by Crippen LogP contribution is 2.16. The molecule has 0 N–H and O–H groups in total. The molecule has 0 unspecified atom stereocenters. The molecule has 0 aromatic carbocycles. The minimum atomic E-state index is -0.0385. The normalized spacial score (nSPS) is 11.1. The molecule has 0 saturated heterocycles. The number of hydrogen-bond acceptors (Lipinski definition) is 3. The predicted octanol–water partition coefficient (Wildman–Crippen LogP) is 3.52. The molecule has 1 aromatic heterocycles. The van der Waals surface area contributed by atoms with Crippen molar-refractivity contribution >= 4 is 5.78 Å². The number of hydrogen-bond donors (Lipinski definition) is 0. The van der Waals surface area contributed by atoms with Gasteiger partial charge in [0.1, 0.15) is 11.6 Å². The lowest BCUT2D eigenvalue weighted by Crippen LogP contribution is -2.15. The smallest absolute Gasteiger partial charge is 0.135 e. The molecule has 0 radical (unpaired) electrons. The van der Waals surface area contributed by atoms with Crippen LogP contribution >= 0.6 is 0 Å². The number of carbonyl (C=O) groups excluding carboxylic acids is 1. The molecule has 0 amide bonds. The molecule has 0 fully saturated rings. The van der Waals surface area contributed by atoms with Crippen molar-refractivity contribution in [2.24, 2.45) is 5.92 Å². The van der Waals surface area contributed by atoms with Gasteiger partial charge in [-0.1, -0.05) is 46.5 Å². The van der Waals surface area contributed by atoms with E-state index in [0.29, 0.717) is 12.2 Å². The van der Waals surface area contributed by atoms with E-state index in [1.165, 1.54) is 0 Å². The van der Waals surface area contributed by atoms with Crippen LogP contribution in [0.3, 0.4) is 0 Å². The Hall–Kier alpha value is -1.69. The van der Waals surface area contributed by atoms with E-state index in [1.54, 1.807) is 12.4 Å². The Labute approximate surface area is 122 Å². The van der Waals surface area contributed by atoms with Gasteiger partial charge in [-0.3, -0.25) is 4.79 Å². The van der Waals surface area contributed by atoms with Gasteiger partial charge in [0.25, 0.3) is 0 Å². The Kier molecular flexibility index (Phi) is 5.88. The molecular weight excluding hydrogens is 248 g/mol. The number of rotatable bonds is 4. The summed E-state index contributed by atoms with van der Waals surface area (Å²) in [7, 11) is 0. The molecule has 0 atom stereocenters. The van der Waals surface area contributed by atoms with Crippen LogP contribution in [0.25, 0.3) is 0 Å². The Morgan fingerprint density at radius 2 is 1.85 bits per heavy atom. The minimum absolute atomic E-state index is 0.0385. The molecule has 0 aliphatic heterocycles. The second-order valence-corrected chi connectivity index (χ2v) is 6.32. The van der Waals surface area contributed by atoms with Crippen LogP contribution < -0.4 is 0 Å². The first-order chi connectivity index (χ1) is 9.30. The van der Waals surface area contributed by atoms with E-state index in [0.717, 1.165) is 24.2 Å². The van der Waals surface area contributed by atoms with Crippen molar-refractivity contribution in [3.05, 3.63) is 23.8 Å². The number of Topliss-reactive ketones (excluding diaryl/α,β-unsaturated/α-hetero) is 1. The van der Waals surface area contributed by atoms with E-state index in [9.17, 15) is 4.79 Å². The second-order valence-electron chi connectivity index (χ2n) is 6.32. The van der Waals surface area contributed by atoms with E-state index < -0.39 is 0 Å². The maximum Gasteiger partial charge on any atom is 0.135 e. The Morgan fingerprint density at radius 1 is 1.25 bits per heavy atom. The third-order valence-corrected chi connectivity index (χ3v) is 2.92. The monoisotopic (exact) mass is 272 g/mol. The van der Waals surface area contributed by atoms with Crippen LogP contribution in [0.4, 0.5) is 0 Å². The molecular formula is C17H24N2O.